The number of hydrogen-bond acceptors (Lipinski definition) is 3. The maximum Gasteiger partial charge on any atom is 0.123 e. The van der Waals surface area contributed by atoms with Gasteiger partial charge in [-0.2, -0.15) is 0 Å². The number of para-hydroxylation sites is 2. The molecule has 0 heterocycles. The highest BCUT2D eigenvalue weighted by Gasteiger charge is 2.03. The first-order chi connectivity index (χ1) is 9.81. The number of ether oxygens (including phenoxy) is 1. The molecule has 3 nitrogen and oxygen atoms in total. The van der Waals surface area contributed by atoms with Crippen LogP contribution in [0.25, 0.3) is 0 Å². The van der Waals surface area contributed by atoms with Gasteiger partial charge < -0.3 is 15.0 Å². The van der Waals surface area contributed by atoms with E-state index < -0.39 is 0 Å². The zero-order valence-corrected chi connectivity index (χ0v) is 12.2. The van der Waals surface area contributed by atoms with Crippen LogP contribution >= 0.6 is 0 Å². The van der Waals surface area contributed by atoms with E-state index in [9.17, 15) is 0 Å². The summed E-state index contributed by atoms with van der Waals surface area (Å²) in [4.78, 5) is 2.20. The maximum absolute atomic E-state index is 5.90. The summed E-state index contributed by atoms with van der Waals surface area (Å²) in [6.45, 7) is 2.36. The van der Waals surface area contributed by atoms with Crippen molar-refractivity contribution in [2.45, 2.75) is 6.54 Å². The van der Waals surface area contributed by atoms with Crippen LogP contribution in [0.4, 0.5) is 5.69 Å². The first-order valence-electron chi connectivity index (χ1n) is 6.92. The van der Waals surface area contributed by atoms with E-state index in [-0.39, 0.29) is 0 Å². The maximum atomic E-state index is 5.90. The van der Waals surface area contributed by atoms with Gasteiger partial charge in [0, 0.05) is 24.8 Å². The fourth-order valence-electron chi connectivity index (χ4n) is 2.09. The fourth-order valence-corrected chi connectivity index (χ4v) is 2.09. The molecule has 0 spiro atoms. The van der Waals surface area contributed by atoms with E-state index in [0.717, 1.165) is 18.8 Å². The minimum atomic E-state index is 0.673. The average molecular weight is 270 g/mol. The molecule has 0 unspecified atom stereocenters. The van der Waals surface area contributed by atoms with E-state index in [1.807, 2.05) is 31.3 Å². The largest absolute Gasteiger partial charge is 0.491 e. The van der Waals surface area contributed by atoms with Crippen LogP contribution in [0, 0.1) is 0 Å². The Labute approximate surface area is 121 Å². The van der Waals surface area contributed by atoms with Crippen LogP contribution in [0.1, 0.15) is 5.56 Å². The molecule has 0 aliphatic heterocycles. The molecule has 2 aromatic rings. The SMILES string of the molecule is CNCc1ccccc1OCCN(C)c1ccccc1. The second-order valence-corrected chi connectivity index (χ2v) is 4.74. The molecule has 0 atom stereocenters. The Kier molecular flexibility index (Phi) is 5.44. The van der Waals surface area contributed by atoms with Crippen molar-refractivity contribution in [2.24, 2.45) is 0 Å². The smallest absolute Gasteiger partial charge is 0.123 e. The predicted octanol–water partition coefficient (Wildman–Crippen LogP) is 2.92. The Morgan fingerprint density at radius 2 is 1.70 bits per heavy atom. The third-order valence-corrected chi connectivity index (χ3v) is 3.22. The van der Waals surface area contributed by atoms with Crippen molar-refractivity contribution in [2.75, 3.05) is 32.1 Å². The molecule has 0 aliphatic rings. The van der Waals surface area contributed by atoms with Crippen molar-refractivity contribution in [1.29, 1.82) is 0 Å². The summed E-state index contributed by atoms with van der Waals surface area (Å²) in [6, 6.07) is 18.5. The van der Waals surface area contributed by atoms with E-state index in [0.29, 0.717) is 6.61 Å². The van der Waals surface area contributed by atoms with Gasteiger partial charge in [0.25, 0.3) is 0 Å². The normalized spacial score (nSPS) is 10.3. The molecule has 0 bridgehead atoms. The highest BCUT2D eigenvalue weighted by atomic mass is 16.5. The molecule has 2 rings (SSSR count). The molecular formula is C17H22N2O. The van der Waals surface area contributed by atoms with Crippen LogP contribution in [0.5, 0.6) is 5.75 Å². The van der Waals surface area contributed by atoms with E-state index in [4.69, 9.17) is 4.74 Å². The molecule has 3 heteroatoms. The summed E-state index contributed by atoms with van der Waals surface area (Å²) in [6.07, 6.45) is 0. The summed E-state index contributed by atoms with van der Waals surface area (Å²) in [5.74, 6) is 0.961. The lowest BCUT2D eigenvalue weighted by atomic mass is 10.2. The molecule has 1 N–H and O–H groups in total. The van der Waals surface area contributed by atoms with Crippen LogP contribution < -0.4 is 15.0 Å². The van der Waals surface area contributed by atoms with Crippen molar-refractivity contribution < 1.29 is 4.74 Å². The van der Waals surface area contributed by atoms with E-state index >= 15 is 0 Å². The van der Waals surface area contributed by atoms with Gasteiger partial charge in [-0.15, -0.1) is 0 Å². The second-order valence-electron chi connectivity index (χ2n) is 4.74. The zero-order chi connectivity index (χ0) is 14.2. The number of benzene rings is 2. The highest BCUT2D eigenvalue weighted by Crippen LogP contribution is 2.18. The summed E-state index contributed by atoms with van der Waals surface area (Å²) in [7, 11) is 4.03. The minimum Gasteiger partial charge on any atom is -0.491 e. The van der Waals surface area contributed by atoms with E-state index in [1.54, 1.807) is 0 Å². The topological polar surface area (TPSA) is 24.5 Å². The van der Waals surface area contributed by atoms with Crippen molar-refractivity contribution in [1.82, 2.24) is 5.32 Å². The first kappa shape index (κ1) is 14.4. The van der Waals surface area contributed by atoms with Crippen LogP contribution in [-0.2, 0) is 6.54 Å². The second kappa shape index (κ2) is 7.56. The van der Waals surface area contributed by atoms with Crippen molar-refractivity contribution in [3.8, 4) is 5.75 Å². The molecule has 0 saturated heterocycles. The molecule has 0 fully saturated rings. The minimum absolute atomic E-state index is 0.673. The molecule has 20 heavy (non-hydrogen) atoms. The Morgan fingerprint density at radius 3 is 2.45 bits per heavy atom. The van der Waals surface area contributed by atoms with Crippen molar-refractivity contribution in [3.05, 3.63) is 60.2 Å². The van der Waals surface area contributed by atoms with Crippen LogP contribution in [0.15, 0.2) is 54.6 Å². The van der Waals surface area contributed by atoms with Gasteiger partial charge in [0.15, 0.2) is 0 Å². The third-order valence-electron chi connectivity index (χ3n) is 3.22. The summed E-state index contributed by atoms with van der Waals surface area (Å²) >= 11 is 0. The average Bonchev–Trinajstić information content (AvgIpc) is 2.50. The van der Waals surface area contributed by atoms with Gasteiger partial charge in [-0.3, -0.25) is 0 Å². The molecule has 0 amide bonds. The number of rotatable bonds is 7. The lowest BCUT2D eigenvalue weighted by Crippen LogP contribution is -2.24. The van der Waals surface area contributed by atoms with Gasteiger partial charge in [0.2, 0.25) is 0 Å². The van der Waals surface area contributed by atoms with Gasteiger partial charge in [-0.25, -0.2) is 0 Å². The zero-order valence-electron chi connectivity index (χ0n) is 12.2. The Balaban J connectivity index is 1.87. The number of hydrogen-bond donors (Lipinski definition) is 1. The lowest BCUT2D eigenvalue weighted by Gasteiger charge is -2.20. The fraction of sp³-hybridized carbons (Fsp3) is 0.294. The van der Waals surface area contributed by atoms with Gasteiger partial charge in [-0.05, 0) is 25.2 Å². The number of anilines is 1. The quantitative estimate of drug-likeness (QED) is 0.837. The van der Waals surface area contributed by atoms with Crippen LogP contribution in [0.2, 0.25) is 0 Å². The molecule has 0 aromatic heterocycles. The molecular weight excluding hydrogens is 248 g/mol. The highest BCUT2D eigenvalue weighted by molar-refractivity contribution is 5.45. The summed E-state index contributed by atoms with van der Waals surface area (Å²) < 4.78 is 5.90. The first-order valence-corrected chi connectivity index (χ1v) is 6.92. The van der Waals surface area contributed by atoms with Crippen molar-refractivity contribution in [3.63, 3.8) is 0 Å². The number of nitrogens with one attached hydrogen (secondary N) is 1. The summed E-state index contributed by atoms with van der Waals surface area (Å²) in [5.41, 5.74) is 2.40. The monoisotopic (exact) mass is 270 g/mol. The molecule has 0 radical (unpaired) electrons. The number of nitrogens with zero attached hydrogens (tertiary/aromatic N) is 1. The Morgan fingerprint density at radius 1 is 1.00 bits per heavy atom. The van der Waals surface area contributed by atoms with Gasteiger partial charge >= 0.3 is 0 Å². The van der Waals surface area contributed by atoms with Gasteiger partial charge in [-0.1, -0.05) is 36.4 Å². The van der Waals surface area contributed by atoms with Crippen LogP contribution in [-0.4, -0.2) is 27.2 Å². The molecule has 0 saturated carbocycles. The van der Waals surface area contributed by atoms with Crippen molar-refractivity contribution >= 4 is 5.69 Å². The van der Waals surface area contributed by atoms with Crippen LogP contribution in [0.3, 0.4) is 0 Å². The Hall–Kier alpha value is -2.00. The Bertz CT molecular complexity index is 513. The molecule has 0 aliphatic carbocycles. The van der Waals surface area contributed by atoms with E-state index in [1.165, 1.54) is 11.3 Å². The summed E-state index contributed by atoms with van der Waals surface area (Å²) in [5, 5.41) is 3.16. The predicted molar refractivity (Wildman–Crippen MR) is 84.4 cm³/mol. The standard InChI is InChI=1S/C17H22N2O/c1-18-14-15-8-6-7-11-17(15)20-13-12-19(2)16-9-4-3-5-10-16/h3-11,18H,12-14H2,1-2H3. The molecule has 2 aromatic carbocycles. The van der Waals surface area contributed by atoms with Gasteiger partial charge in [0.05, 0.1) is 6.54 Å². The third kappa shape index (κ3) is 4.00. The van der Waals surface area contributed by atoms with Gasteiger partial charge in [0.1, 0.15) is 12.4 Å². The number of likely N-dealkylation sites (N-methyl/N-ethyl adjacent to an activating group) is 1. The molecule has 106 valence electrons. The van der Waals surface area contributed by atoms with E-state index in [2.05, 4.69) is 47.6 Å². The lowest BCUT2D eigenvalue weighted by molar-refractivity contribution is 0.322.